The molecule has 17 heavy (non-hydrogen) atoms. The molecule has 1 unspecified atom stereocenters. The molecule has 0 bridgehead atoms. The largest absolute Gasteiger partial charge is 0.389 e. The maximum Gasteiger partial charge on any atom is 0.345 e. The van der Waals surface area contributed by atoms with Crippen molar-refractivity contribution in [3.05, 3.63) is 60.2 Å². The molecular weight excluding hydrogens is 216 g/mol. The van der Waals surface area contributed by atoms with Gasteiger partial charge < -0.3 is 4.74 Å². The highest BCUT2D eigenvalue weighted by Gasteiger charge is 2.20. The van der Waals surface area contributed by atoms with E-state index in [9.17, 15) is 9.59 Å². The predicted molar refractivity (Wildman–Crippen MR) is 63.3 cm³/mol. The Morgan fingerprint density at radius 1 is 1.12 bits per heavy atom. The molecule has 1 aliphatic rings. The van der Waals surface area contributed by atoms with E-state index in [0.717, 1.165) is 0 Å². The first-order chi connectivity index (χ1) is 8.27. The number of esters is 2. The van der Waals surface area contributed by atoms with E-state index in [0.29, 0.717) is 12.0 Å². The van der Waals surface area contributed by atoms with E-state index in [1.807, 2.05) is 12.2 Å². The number of ether oxygens (including phenoxy) is 1. The number of benzene rings is 1. The molecule has 0 heterocycles. The Labute approximate surface area is 99.4 Å². The average molecular weight is 228 g/mol. The second-order valence-electron chi connectivity index (χ2n) is 3.73. The molecular formula is C14H12O3. The van der Waals surface area contributed by atoms with E-state index in [1.165, 1.54) is 0 Å². The lowest BCUT2D eigenvalue weighted by Crippen LogP contribution is -2.20. The minimum absolute atomic E-state index is 0.354. The summed E-state index contributed by atoms with van der Waals surface area (Å²) in [7, 11) is 0. The molecule has 0 radical (unpaired) electrons. The van der Waals surface area contributed by atoms with Gasteiger partial charge in [-0.25, -0.2) is 4.79 Å². The number of carbonyl (C=O) groups excluding carboxylic acids is 2. The van der Waals surface area contributed by atoms with Crippen molar-refractivity contribution in [1.82, 2.24) is 0 Å². The van der Waals surface area contributed by atoms with Gasteiger partial charge in [-0.3, -0.25) is 4.79 Å². The van der Waals surface area contributed by atoms with E-state index < -0.39 is 11.9 Å². The first-order valence-electron chi connectivity index (χ1n) is 5.42. The average Bonchev–Trinajstić information content (AvgIpc) is 2.40. The maximum absolute atomic E-state index is 11.7. The lowest BCUT2D eigenvalue weighted by atomic mass is 10.0. The van der Waals surface area contributed by atoms with E-state index in [1.54, 1.807) is 42.5 Å². The van der Waals surface area contributed by atoms with Gasteiger partial charge in [0.15, 0.2) is 0 Å². The molecule has 1 aromatic rings. The molecule has 2 rings (SSSR count). The van der Waals surface area contributed by atoms with Gasteiger partial charge >= 0.3 is 11.9 Å². The number of rotatable bonds is 2. The normalized spacial score (nSPS) is 17.8. The van der Waals surface area contributed by atoms with Gasteiger partial charge in [0, 0.05) is 0 Å². The Hall–Kier alpha value is -2.16. The molecule has 0 amide bonds. The van der Waals surface area contributed by atoms with Crippen LogP contribution in [0, 0.1) is 5.92 Å². The van der Waals surface area contributed by atoms with Crippen LogP contribution in [0.4, 0.5) is 0 Å². The quantitative estimate of drug-likeness (QED) is 0.577. The fourth-order valence-electron chi connectivity index (χ4n) is 1.56. The van der Waals surface area contributed by atoms with Crippen LogP contribution in [-0.2, 0) is 9.53 Å². The van der Waals surface area contributed by atoms with Gasteiger partial charge in [-0.1, -0.05) is 42.5 Å². The summed E-state index contributed by atoms with van der Waals surface area (Å²) in [4.78, 5) is 23.3. The summed E-state index contributed by atoms with van der Waals surface area (Å²) in [6.07, 6.45) is 7.84. The number of hydrogen-bond acceptors (Lipinski definition) is 3. The molecule has 0 saturated heterocycles. The molecule has 0 saturated carbocycles. The zero-order valence-corrected chi connectivity index (χ0v) is 9.21. The van der Waals surface area contributed by atoms with Gasteiger partial charge in [0.25, 0.3) is 0 Å². The monoisotopic (exact) mass is 228 g/mol. The van der Waals surface area contributed by atoms with E-state index in [2.05, 4.69) is 0 Å². The van der Waals surface area contributed by atoms with Crippen LogP contribution in [-0.4, -0.2) is 11.9 Å². The minimum Gasteiger partial charge on any atom is -0.389 e. The van der Waals surface area contributed by atoms with Crippen LogP contribution in [0.25, 0.3) is 0 Å². The molecule has 3 heteroatoms. The van der Waals surface area contributed by atoms with Crippen molar-refractivity contribution in [3.63, 3.8) is 0 Å². The predicted octanol–water partition coefficient (Wildman–Crippen LogP) is 2.50. The molecule has 1 aliphatic carbocycles. The van der Waals surface area contributed by atoms with Gasteiger partial charge in [0.05, 0.1) is 11.5 Å². The summed E-state index contributed by atoms with van der Waals surface area (Å²) in [5.41, 5.74) is 0.385. The second-order valence-corrected chi connectivity index (χ2v) is 3.73. The standard InChI is InChI=1S/C14H12O3/c15-13(11-7-3-1-4-8-11)17-14(16)12-9-5-2-6-10-12/h1-9,12H,10H2. The van der Waals surface area contributed by atoms with Crippen LogP contribution in [0.15, 0.2) is 54.6 Å². The SMILES string of the molecule is O=C(OC(=O)C1C=CC=CC1)c1ccccc1. The molecule has 86 valence electrons. The van der Waals surface area contributed by atoms with Crippen molar-refractivity contribution in [1.29, 1.82) is 0 Å². The summed E-state index contributed by atoms with van der Waals surface area (Å²) < 4.78 is 4.81. The first kappa shape index (κ1) is 11.3. The summed E-state index contributed by atoms with van der Waals surface area (Å²) in [5.74, 6) is -1.45. The lowest BCUT2D eigenvalue weighted by molar-refractivity contribution is -0.140. The zero-order valence-electron chi connectivity index (χ0n) is 9.21. The van der Waals surface area contributed by atoms with E-state index in [4.69, 9.17) is 4.74 Å². The van der Waals surface area contributed by atoms with Crippen LogP contribution in [0.2, 0.25) is 0 Å². The smallest absolute Gasteiger partial charge is 0.345 e. The first-order valence-corrected chi connectivity index (χ1v) is 5.42. The summed E-state index contributed by atoms with van der Waals surface area (Å²) in [6, 6.07) is 8.49. The zero-order chi connectivity index (χ0) is 12.1. The van der Waals surface area contributed by atoms with E-state index >= 15 is 0 Å². The number of allylic oxidation sites excluding steroid dienone is 3. The molecule has 0 spiro atoms. The lowest BCUT2D eigenvalue weighted by Gasteiger charge is -2.10. The van der Waals surface area contributed by atoms with Crippen LogP contribution >= 0.6 is 0 Å². The Balaban J connectivity index is 1.97. The van der Waals surface area contributed by atoms with Crippen molar-refractivity contribution in [2.24, 2.45) is 5.92 Å². The van der Waals surface area contributed by atoms with Crippen molar-refractivity contribution in [3.8, 4) is 0 Å². The van der Waals surface area contributed by atoms with Gasteiger partial charge in [0.2, 0.25) is 0 Å². The van der Waals surface area contributed by atoms with Crippen molar-refractivity contribution in [2.45, 2.75) is 6.42 Å². The molecule has 0 aromatic heterocycles. The third-order valence-corrected chi connectivity index (χ3v) is 2.49. The van der Waals surface area contributed by atoms with Gasteiger partial charge in [-0.15, -0.1) is 0 Å². The topological polar surface area (TPSA) is 43.4 Å². The van der Waals surface area contributed by atoms with Gasteiger partial charge in [0.1, 0.15) is 0 Å². The molecule has 0 aliphatic heterocycles. The highest BCUT2D eigenvalue weighted by Crippen LogP contribution is 2.14. The molecule has 3 nitrogen and oxygen atoms in total. The summed E-state index contributed by atoms with van der Waals surface area (Å²) in [6.45, 7) is 0. The van der Waals surface area contributed by atoms with Crippen molar-refractivity contribution in [2.75, 3.05) is 0 Å². The third-order valence-electron chi connectivity index (χ3n) is 2.49. The minimum atomic E-state index is -0.599. The summed E-state index contributed by atoms with van der Waals surface area (Å²) >= 11 is 0. The fraction of sp³-hybridized carbons (Fsp3) is 0.143. The summed E-state index contributed by atoms with van der Waals surface area (Å²) in [5, 5.41) is 0. The van der Waals surface area contributed by atoms with Crippen LogP contribution in [0.1, 0.15) is 16.8 Å². The van der Waals surface area contributed by atoms with E-state index in [-0.39, 0.29) is 5.92 Å². The van der Waals surface area contributed by atoms with Crippen LogP contribution < -0.4 is 0 Å². The molecule has 0 N–H and O–H groups in total. The Morgan fingerprint density at radius 2 is 1.88 bits per heavy atom. The molecule has 0 fully saturated rings. The van der Waals surface area contributed by atoms with Crippen molar-refractivity contribution >= 4 is 11.9 Å². The maximum atomic E-state index is 11.7. The Morgan fingerprint density at radius 3 is 2.53 bits per heavy atom. The van der Waals surface area contributed by atoms with Gasteiger partial charge in [-0.2, -0.15) is 0 Å². The third kappa shape index (κ3) is 2.91. The van der Waals surface area contributed by atoms with Crippen LogP contribution in [0.5, 0.6) is 0 Å². The number of hydrogen-bond donors (Lipinski definition) is 0. The van der Waals surface area contributed by atoms with Crippen molar-refractivity contribution < 1.29 is 14.3 Å². The van der Waals surface area contributed by atoms with Gasteiger partial charge in [-0.05, 0) is 18.6 Å². The molecule has 1 aromatic carbocycles. The highest BCUT2D eigenvalue weighted by atomic mass is 16.6. The second kappa shape index (κ2) is 5.25. The molecule has 1 atom stereocenters. The Bertz CT molecular complexity index is 472. The number of carbonyl (C=O) groups is 2. The van der Waals surface area contributed by atoms with Crippen LogP contribution in [0.3, 0.4) is 0 Å². The fourth-order valence-corrected chi connectivity index (χ4v) is 1.56. The Kier molecular flexibility index (Phi) is 3.50. The highest BCUT2D eigenvalue weighted by molar-refractivity contribution is 5.97.